The number of aliphatic hydroxyl groups excluding tert-OH is 1. The molecule has 0 aromatic carbocycles. The summed E-state index contributed by atoms with van der Waals surface area (Å²) in [5, 5.41) is 12.1. The summed E-state index contributed by atoms with van der Waals surface area (Å²) in [4.78, 5) is 13.3. The second-order valence-corrected chi connectivity index (χ2v) is 5.62. The first-order valence-corrected chi connectivity index (χ1v) is 7.20. The molecule has 0 bridgehead atoms. The monoisotopic (exact) mass is 274 g/mol. The second kappa shape index (κ2) is 5.05. The number of fused-ring (bicyclic) bond motifs is 1. The first-order chi connectivity index (χ1) is 9.24. The highest BCUT2D eigenvalue weighted by Crippen LogP contribution is 2.11. The molecule has 3 nitrogen and oxygen atoms in total. The molecule has 19 heavy (non-hydrogen) atoms. The van der Waals surface area contributed by atoms with Gasteiger partial charge in [-0.25, -0.2) is 0 Å². The van der Waals surface area contributed by atoms with E-state index in [2.05, 4.69) is 6.07 Å². The number of rotatable bonds is 3. The van der Waals surface area contributed by atoms with Crippen LogP contribution in [0, 0.1) is 0 Å². The van der Waals surface area contributed by atoms with Crippen LogP contribution in [0.1, 0.15) is 23.5 Å². The van der Waals surface area contributed by atoms with Gasteiger partial charge in [-0.1, -0.05) is 6.07 Å². The van der Waals surface area contributed by atoms with Gasteiger partial charge in [-0.05, 0) is 30.4 Å². The van der Waals surface area contributed by atoms with Crippen molar-refractivity contribution in [3.05, 3.63) is 55.1 Å². The van der Waals surface area contributed by atoms with Gasteiger partial charge in [-0.2, -0.15) is 0 Å². The largest absolute Gasteiger partial charge is 0.511 e. The summed E-state index contributed by atoms with van der Waals surface area (Å²) in [6, 6.07) is 5.60. The zero-order valence-electron chi connectivity index (χ0n) is 10.4. The normalized spacial score (nSPS) is 14.0. The second-order valence-electron chi connectivity index (χ2n) is 4.59. The van der Waals surface area contributed by atoms with Crippen molar-refractivity contribution in [2.75, 3.05) is 0 Å². The molecule has 4 heteroatoms. The highest BCUT2D eigenvalue weighted by molar-refractivity contribution is 7.09. The van der Waals surface area contributed by atoms with Crippen LogP contribution in [-0.2, 0) is 12.8 Å². The van der Waals surface area contributed by atoms with Crippen LogP contribution in [0.2, 0.25) is 0 Å². The number of thiophene rings is 1. The standard InChI is InChI=1S/C15H14O3S/c16-12-4-1-5-14-15(12)13(17)9-10(18-14)6-7-11-3-2-8-19-11/h2-3,5,8-9,16H,1,4,6-7H2. The maximum Gasteiger partial charge on any atom is 0.196 e. The molecule has 2 heterocycles. The molecule has 0 unspecified atom stereocenters. The molecule has 0 amide bonds. The van der Waals surface area contributed by atoms with Crippen LogP contribution in [-0.4, -0.2) is 5.11 Å². The average Bonchev–Trinajstić information content (AvgIpc) is 2.89. The molecule has 3 rings (SSSR count). The summed E-state index contributed by atoms with van der Waals surface area (Å²) in [7, 11) is 0. The zero-order chi connectivity index (χ0) is 13.2. The third-order valence-electron chi connectivity index (χ3n) is 3.22. The summed E-state index contributed by atoms with van der Waals surface area (Å²) in [6.07, 6.45) is 4.69. The summed E-state index contributed by atoms with van der Waals surface area (Å²) in [5.41, 5.74) is 0.383. The number of aryl methyl sites for hydroxylation is 2. The Balaban J connectivity index is 1.95. The van der Waals surface area contributed by atoms with Crippen LogP contribution in [0.5, 0.6) is 0 Å². The Labute approximate surface area is 114 Å². The lowest BCUT2D eigenvalue weighted by Gasteiger charge is -2.05. The van der Waals surface area contributed by atoms with E-state index in [1.807, 2.05) is 17.5 Å². The van der Waals surface area contributed by atoms with E-state index in [0.29, 0.717) is 29.2 Å². The fourth-order valence-electron chi connectivity index (χ4n) is 2.28. The van der Waals surface area contributed by atoms with E-state index in [-0.39, 0.29) is 11.2 Å². The van der Waals surface area contributed by atoms with Crippen LogP contribution in [0.3, 0.4) is 0 Å². The lowest BCUT2D eigenvalue weighted by Crippen LogP contribution is -2.42. The van der Waals surface area contributed by atoms with Gasteiger partial charge in [-0.3, -0.25) is 4.79 Å². The van der Waals surface area contributed by atoms with Gasteiger partial charge in [0.2, 0.25) is 0 Å². The van der Waals surface area contributed by atoms with Crippen molar-refractivity contribution in [1.82, 2.24) is 0 Å². The first-order valence-electron chi connectivity index (χ1n) is 6.32. The van der Waals surface area contributed by atoms with Crippen molar-refractivity contribution in [3.63, 3.8) is 0 Å². The highest BCUT2D eigenvalue weighted by Gasteiger charge is 2.09. The fourth-order valence-corrected chi connectivity index (χ4v) is 2.99. The van der Waals surface area contributed by atoms with Gasteiger partial charge in [0.25, 0.3) is 0 Å². The Bertz CT molecular complexity index is 754. The maximum absolute atomic E-state index is 12.0. The molecule has 0 atom stereocenters. The predicted molar refractivity (Wildman–Crippen MR) is 75.7 cm³/mol. The third kappa shape index (κ3) is 2.49. The minimum atomic E-state index is -0.143. The highest BCUT2D eigenvalue weighted by atomic mass is 32.1. The van der Waals surface area contributed by atoms with Crippen LogP contribution >= 0.6 is 11.3 Å². The predicted octanol–water partition coefficient (Wildman–Crippen LogP) is 1.73. The van der Waals surface area contributed by atoms with Crippen LogP contribution in [0.4, 0.5) is 0 Å². The Morgan fingerprint density at radius 2 is 2.26 bits per heavy atom. The molecule has 98 valence electrons. The van der Waals surface area contributed by atoms with Gasteiger partial charge in [0.1, 0.15) is 22.2 Å². The molecule has 1 aliphatic rings. The molecule has 2 aromatic heterocycles. The molecule has 0 radical (unpaired) electrons. The van der Waals surface area contributed by atoms with E-state index in [0.717, 1.165) is 12.8 Å². The Morgan fingerprint density at radius 1 is 1.37 bits per heavy atom. The molecular formula is C15H14O3S. The van der Waals surface area contributed by atoms with Gasteiger partial charge in [0.15, 0.2) is 5.43 Å². The molecule has 2 aromatic rings. The van der Waals surface area contributed by atoms with Gasteiger partial charge >= 0.3 is 0 Å². The third-order valence-corrected chi connectivity index (χ3v) is 4.16. The minimum Gasteiger partial charge on any atom is -0.511 e. The molecule has 1 aliphatic carbocycles. The van der Waals surface area contributed by atoms with E-state index >= 15 is 0 Å². The molecule has 0 spiro atoms. The molecule has 0 fully saturated rings. The van der Waals surface area contributed by atoms with Crippen LogP contribution in [0.25, 0.3) is 11.8 Å². The van der Waals surface area contributed by atoms with Crippen molar-refractivity contribution in [2.24, 2.45) is 0 Å². The molecule has 1 N–H and O–H groups in total. The lowest BCUT2D eigenvalue weighted by atomic mass is 10.1. The Morgan fingerprint density at radius 3 is 3.05 bits per heavy atom. The van der Waals surface area contributed by atoms with Crippen LogP contribution in [0.15, 0.2) is 32.8 Å². The summed E-state index contributed by atoms with van der Waals surface area (Å²) >= 11 is 1.70. The topological polar surface area (TPSA) is 50.4 Å². The smallest absolute Gasteiger partial charge is 0.196 e. The first kappa shape index (κ1) is 12.2. The van der Waals surface area contributed by atoms with Crippen molar-refractivity contribution in [2.45, 2.75) is 25.7 Å². The van der Waals surface area contributed by atoms with E-state index < -0.39 is 0 Å². The Kier molecular flexibility index (Phi) is 3.25. The van der Waals surface area contributed by atoms with Gasteiger partial charge in [0, 0.05) is 23.8 Å². The van der Waals surface area contributed by atoms with Gasteiger partial charge < -0.3 is 9.52 Å². The molecular weight excluding hydrogens is 260 g/mol. The van der Waals surface area contributed by atoms with Crippen molar-refractivity contribution in [1.29, 1.82) is 0 Å². The summed E-state index contributed by atoms with van der Waals surface area (Å²) in [5.74, 6) is 0.833. The van der Waals surface area contributed by atoms with Gasteiger partial charge in [0.05, 0.1) is 0 Å². The van der Waals surface area contributed by atoms with Crippen molar-refractivity contribution < 1.29 is 9.52 Å². The Hall–Kier alpha value is -1.81. The number of hydrogen-bond donors (Lipinski definition) is 1. The maximum atomic E-state index is 12.0. The number of hydrogen-bond acceptors (Lipinski definition) is 4. The number of aliphatic hydroxyl groups is 1. The van der Waals surface area contributed by atoms with Crippen molar-refractivity contribution in [3.8, 4) is 0 Å². The SMILES string of the molecule is O=c1cc(CCc2cccs2)oc2c1=C(O)CCC=2. The van der Waals surface area contributed by atoms with E-state index in [1.54, 1.807) is 11.3 Å². The summed E-state index contributed by atoms with van der Waals surface area (Å²) in [6.45, 7) is 0. The quantitative estimate of drug-likeness (QED) is 0.927. The molecule has 0 aliphatic heterocycles. The van der Waals surface area contributed by atoms with E-state index in [4.69, 9.17) is 4.42 Å². The summed E-state index contributed by atoms with van der Waals surface area (Å²) < 4.78 is 5.72. The lowest BCUT2D eigenvalue weighted by molar-refractivity contribution is 0.433. The zero-order valence-corrected chi connectivity index (χ0v) is 11.2. The molecule has 0 saturated heterocycles. The molecule has 0 saturated carbocycles. The van der Waals surface area contributed by atoms with Gasteiger partial charge in [-0.15, -0.1) is 11.3 Å². The van der Waals surface area contributed by atoms with E-state index in [9.17, 15) is 9.90 Å². The average molecular weight is 274 g/mol. The minimum absolute atomic E-state index is 0.143. The van der Waals surface area contributed by atoms with Crippen molar-refractivity contribution >= 4 is 23.2 Å². The fraction of sp³-hybridized carbons (Fsp3) is 0.267. The van der Waals surface area contributed by atoms with Crippen LogP contribution < -0.4 is 16.1 Å². The van der Waals surface area contributed by atoms with E-state index in [1.165, 1.54) is 10.9 Å².